The fourth-order valence-electron chi connectivity index (χ4n) is 1.65. The lowest BCUT2D eigenvalue weighted by Gasteiger charge is -2.14. The van der Waals surface area contributed by atoms with Crippen LogP contribution in [-0.2, 0) is 12.0 Å². The molecule has 0 amide bonds. The van der Waals surface area contributed by atoms with Gasteiger partial charge in [-0.1, -0.05) is 32.9 Å². The van der Waals surface area contributed by atoms with Gasteiger partial charge in [-0.2, -0.15) is 5.10 Å². The minimum Gasteiger partial charge on any atom is -0.326 e. The smallest absolute Gasteiger partial charge is 0.0682 e. The maximum absolute atomic E-state index is 5.58. The molecule has 3 heteroatoms. The summed E-state index contributed by atoms with van der Waals surface area (Å²) in [6, 6.07) is 10.2. The number of aromatic nitrogens is 2. The van der Waals surface area contributed by atoms with E-state index in [0.29, 0.717) is 6.54 Å². The molecular formula is C14H19N3. The lowest BCUT2D eigenvalue weighted by Crippen LogP contribution is -2.12. The van der Waals surface area contributed by atoms with Crippen molar-refractivity contribution in [2.45, 2.75) is 32.7 Å². The van der Waals surface area contributed by atoms with Gasteiger partial charge in [-0.25, -0.2) is 4.68 Å². The zero-order valence-electron chi connectivity index (χ0n) is 10.6. The van der Waals surface area contributed by atoms with Crippen LogP contribution in [0.1, 0.15) is 32.0 Å². The van der Waals surface area contributed by atoms with Gasteiger partial charge in [0.05, 0.1) is 11.4 Å². The largest absolute Gasteiger partial charge is 0.326 e. The Labute approximate surface area is 102 Å². The fraction of sp³-hybridized carbons (Fsp3) is 0.357. The average Bonchev–Trinajstić information content (AvgIpc) is 2.78. The molecule has 0 unspecified atom stereocenters. The van der Waals surface area contributed by atoms with Crippen molar-refractivity contribution in [3.05, 3.63) is 47.8 Å². The summed E-state index contributed by atoms with van der Waals surface area (Å²) in [6.07, 6.45) is 2.00. The normalized spacial score (nSPS) is 11.8. The van der Waals surface area contributed by atoms with Gasteiger partial charge in [0.2, 0.25) is 0 Å². The Balaban J connectivity index is 2.30. The van der Waals surface area contributed by atoms with E-state index in [4.69, 9.17) is 5.73 Å². The lowest BCUT2D eigenvalue weighted by molar-refractivity contribution is 0.560. The molecule has 0 fully saturated rings. The molecule has 0 aliphatic carbocycles. The lowest BCUT2D eigenvalue weighted by atomic mass is 9.93. The molecule has 0 radical (unpaired) electrons. The first-order chi connectivity index (χ1) is 8.00. The number of nitrogens with zero attached hydrogens (tertiary/aromatic N) is 2. The van der Waals surface area contributed by atoms with Gasteiger partial charge in [0.25, 0.3) is 0 Å². The molecule has 2 rings (SSSR count). The van der Waals surface area contributed by atoms with E-state index < -0.39 is 0 Å². The van der Waals surface area contributed by atoms with Crippen LogP contribution in [0.3, 0.4) is 0 Å². The van der Waals surface area contributed by atoms with Crippen LogP contribution in [0.2, 0.25) is 0 Å². The van der Waals surface area contributed by atoms with E-state index in [1.54, 1.807) is 0 Å². The summed E-state index contributed by atoms with van der Waals surface area (Å²) in [4.78, 5) is 0. The Bertz CT molecular complexity index is 489. The third-order valence-corrected chi connectivity index (χ3v) is 2.79. The van der Waals surface area contributed by atoms with Crippen LogP contribution in [0.4, 0.5) is 0 Å². The minimum atomic E-state index is 0.0858. The van der Waals surface area contributed by atoms with Crippen molar-refractivity contribution in [1.82, 2.24) is 9.78 Å². The molecule has 0 saturated heterocycles. The Hall–Kier alpha value is -1.61. The van der Waals surface area contributed by atoms with Crippen LogP contribution in [-0.4, -0.2) is 9.78 Å². The highest BCUT2D eigenvalue weighted by Crippen LogP contribution is 2.20. The van der Waals surface area contributed by atoms with Gasteiger partial charge in [-0.3, -0.25) is 0 Å². The summed E-state index contributed by atoms with van der Waals surface area (Å²) in [7, 11) is 0. The molecule has 0 spiro atoms. The third-order valence-electron chi connectivity index (χ3n) is 2.79. The quantitative estimate of drug-likeness (QED) is 0.860. The molecule has 1 aromatic heterocycles. The summed E-state index contributed by atoms with van der Waals surface area (Å²) < 4.78 is 1.90. The van der Waals surface area contributed by atoms with Crippen molar-refractivity contribution in [2.75, 3.05) is 0 Å². The zero-order valence-corrected chi connectivity index (χ0v) is 10.6. The predicted molar refractivity (Wildman–Crippen MR) is 70.2 cm³/mol. The van der Waals surface area contributed by atoms with Gasteiger partial charge in [0, 0.05) is 18.2 Å². The van der Waals surface area contributed by atoms with Crippen molar-refractivity contribution in [2.24, 2.45) is 5.73 Å². The maximum Gasteiger partial charge on any atom is 0.0682 e. The number of nitrogens with two attached hydrogens (primary N) is 1. The van der Waals surface area contributed by atoms with Gasteiger partial charge in [-0.15, -0.1) is 0 Å². The first kappa shape index (κ1) is 11.9. The highest BCUT2D eigenvalue weighted by Gasteiger charge is 2.16. The van der Waals surface area contributed by atoms with Crippen LogP contribution in [0.5, 0.6) is 0 Å². The van der Waals surface area contributed by atoms with Crippen LogP contribution in [0.25, 0.3) is 5.69 Å². The SMILES string of the molecule is CC(C)(C)c1ccn(-c2ccc(CN)cc2)n1. The molecule has 0 atom stereocenters. The van der Waals surface area contributed by atoms with E-state index in [-0.39, 0.29) is 5.41 Å². The van der Waals surface area contributed by atoms with E-state index in [2.05, 4.69) is 31.9 Å². The second-order valence-corrected chi connectivity index (χ2v) is 5.27. The van der Waals surface area contributed by atoms with E-state index in [1.807, 2.05) is 35.1 Å². The topological polar surface area (TPSA) is 43.8 Å². The van der Waals surface area contributed by atoms with Crippen molar-refractivity contribution >= 4 is 0 Å². The van der Waals surface area contributed by atoms with Crippen LogP contribution < -0.4 is 5.73 Å². The molecule has 0 bridgehead atoms. The number of rotatable bonds is 2. The van der Waals surface area contributed by atoms with Crippen molar-refractivity contribution in [3.8, 4) is 5.69 Å². The standard InChI is InChI=1S/C14H19N3/c1-14(2,3)13-8-9-17(16-13)12-6-4-11(10-15)5-7-12/h4-9H,10,15H2,1-3H3. The molecule has 1 heterocycles. The molecule has 1 aromatic carbocycles. The van der Waals surface area contributed by atoms with Crippen molar-refractivity contribution in [1.29, 1.82) is 0 Å². The second kappa shape index (κ2) is 4.34. The van der Waals surface area contributed by atoms with Gasteiger partial charge in [-0.05, 0) is 23.8 Å². The second-order valence-electron chi connectivity index (χ2n) is 5.27. The molecular weight excluding hydrogens is 210 g/mol. The highest BCUT2D eigenvalue weighted by atomic mass is 15.3. The summed E-state index contributed by atoms with van der Waals surface area (Å²) in [6.45, 7) is 7.07. The minimum absolute atomic E-state index is 0.0858. The average molecular weight is 229 g/mol. The summed E-state index contributed by atoms with van der Waals surface area (Å²) in [5, 5.41) is 4.59. The van der Waals surface area contributed by atoms with Gasteiger partial charge < -0.3 is 5.73 Å². The summed E-state index contributed by atoms with van der Waals surface area (Å²) >= 11 is 0. The first-order valence-corrected chi connectivity index (χ1v) is 5.86. The number of hydrogen-bond donors (Lipinski definition) is 1. The van der Waals surface area contributed by atoms with Gasteiger partial charge >= 0.3 is 0 Å². The Kier molecular flexibility index (Phi) is 3.03. The van der Waals surface area contributed by atoms with Crippen molar-refractivity contribution in [3.63, 3.8) is 0 Å². The van der Waals surface area contributed by atoms with E-state index in [1.165, 1.54) is 0 Å². The van der Waals surface area contributed by atoms with Crippen LogP contribution >= 0.6 is 0 Å². The molecule has 2 N–H and O–H groups in total. The molecule has 90 valence electrons. The number of hydrogen-bond acceptors (Lipinski definition) is 2. The van der Waals surface area contributed by atoms with E-state index in [0.717, 1.165) is 16.9 Å². The molecule has 2 aromatic rings. The van der Waals surface area contributed by atoms with Gasteiger partial charge in [0.15, 0.2) is 0 Å². The Morgan fingerprint density at radius 3 is 2.24 bits per heavy atom. The molecule has 3 nitrogen and oxygen atoms in total. The van der Waals surface area contributed by atoms with E-state index in [9.17, 15) is 0 Å². The maximum atomic E-state index is 5.58. The van der Waals surface area contributed by atoms with Gasteiger partial charge in [0.1, 0.15) is 0 Å². The highest BCUT2D eigenvalue weighted by molar-refractivity contribution is 5.34. The summed E-state index contributed by atoms with van der Waals surface area (Å²) in [5.74, 6) is 0. The molecule has 17 heavy (non-hydrogen) atoms. The van der Waals surface area contributed by atoms with Crippen LogP contribution in [0.15, 0.2) is 36.5 Å². The molecule has 0 aliphatic heterocycles. The number of benzene rings is 1. The van der Waals surface area contributed by atoms with E-state index >= 15 is 0 Å². The summed E-state index contributed by atoms with van der Waals surface area (Å²) in [5.41, 5.74) is 8.96. The molecule has 0 aliphatic rings. The Morgan fingerprint density at radius 2 is 1.76 bits per heavy atom. The fourth-order valence-corrected chi connectivity index (χ4v) is 1.65. The van der Waals surface area contributed by atoms with Crippen molar-refractivity contribution < 1.29 is 0 Å². The molecule has 0 saturated carbocycles. The predicted octanol–water partition coefficient (Wildman–Crippen LogP) is 2.63. The third kappa shape index (κ3) is 2.56. The monoisotopic (exact) mass is 229 g/mol. The first-order valence-electron chi connectivity index (χ1n) is 5.86. The van der Waals surface area contributed by atoms with Crippen LogP contribution in [0, 0.1) is 0 Å². The Morgan fingerprint density at radius 1 is 1.12 bits per heavy atom. The zero-order chi connectivity index (χ0) is 12.5.